The first-order valence-corrected chi connectivity index (χ1v) is 7.04. The molecule has 2 N–H and O–H groups in total. The van der Waals surface area contributed by atoms with E-state index in [-0.39, 0.29) is 0 Å². The maximum Gasteiger partial charge on any atom is 0.124 e. The van der Waals surface area contributed by atoms with Crippen molar-refractivity contribution in [3.8, 4) is 11.5 Å². The van der Waals surface area contributed by atoms with Gasteiger partial charge in [-0.25, -0.2) is 0 Å². The predicted octanol–water partition coefficient (Wildman–Crippen LogP) is 3.62. The number of thiocarbonyl (C=S) groups is 1. The molecule has 0 spiro atoms. The molecule has 1 heterocycles. The lowest BCUT2D eigenvalue weighted by atomic mass is 10.2. The normalized spacial score (nSPS) is 10.2. The van der Waals surface area contributed by atoms with Gasteiger partial charge in [-0.2, -0.15) is 0 Å². The smallest absolute Gasteiger partial charge is 0.124 e. The van der Waals surface area contributed by atoms with Gasteiger partial charge in [-0.3, -0.25) is 0 Å². The fraction of sp³-hybridized carbons (Fsp3) is 0.154. The Morgan fingerprint density at radius 2 is 2.05 bits per heavy atom. The summed E-state index contributed by atoms with van der Waals surface area (Å²) in [5, 5.41) is 0. The minimum atomic E-state index is 0.308. The molecule has 3 nitrogen and oxygen atoms in total. The number of hydrogen-bond donors (Lipinski definition) is 1. The van der Waals surface area contributed by atoms with Crippen LogP contribution in [-0.4, -0.2) is 12.1 Å². The van der Waals surface area contributed by atoms with Crippen LogP contribution in [0.4, 0.5) is 0 Å². The van der Waals surface area contributed by atoms with E-state index in [1.54, 1.807) is 25.3 Å². The lowest BCUT2D eigenvalue weighted by Crippen LogP contribution is -2.09. The number of nitrogens with two attached hydrogens (primary N) is 1. The molecule has 0 atom stereocenters. The van der Waals surface area contributed by atoms with E-state index in [9.17, 15) is 0 Å². The van der Waals surface area contributed by atoms with Crippen LogP contribution in [0.2, 0.25) is 4.34 Å². The van der Waals surface area contributed by atoms with Crippen molar-refractivity contribution in [2.45, 2.75) is 6.61 Å². The third-order valence-electron chi connectivity index (χ3n) is 2.41. The molecule has 6 heteroatoms. The average Bonchev–Trinajstić information content (AvgIpc) is 2.81. The highest BCUT2D eigenvalue weighted by Gasteiger charge is 2.06. The van der Waals surface area contributed by atoms with E-state index in [0.717, 1.165) is 9.21 Å². The van der Waals surface area contributed by atoms with Gasteiger partial charge in [-0.05, 0) is 24.3 Å². The molecule has 0 aliphatic heterocycles. The van der Waals surface area contributed by atoms with Gasteiger partial charge >= 0.3 is 0 Å². The second kappa shape index (κ2) is 6.23. The Hall–Kier alpha value is -1.30. The van der Waals surface area contributed by atoms with Crippen molar-refractivity contribution in [1.29, 1.82) is 0 Å². The molecular formula is C13H12ClNO2S2. The fourth-order valence-corrected chi connectivity index (χ4v) is 2.62. The van der Waals surface area contributed by atoms with E-state index < -0.39 is 0 Å². The molecule has 0 radical (unpaired) electrons. The van der Waals surface area contributed by atoms with Crippen LogP contribution in [0, 0.1) is 0 Å². The van der Waals surface area contributed by atoms with Crippen LogP contribution in [0.1, 0.15) is 10.4 Å². The SMILES string of the molecule is COc1cc(OCc2ccc(Cl)s2)cc(C(N)=S)c1. The van der Waals surface area contributed by atoms with E-state index >= 15 is 0 Å². The molecule has 0 aliphatic rings. The van der Waals surface area contributed by atoms with Gasteiger partial charge in [-0.15, -0.1) is 11.3 Å². The van der Waals surface area contributed by atoms with Gasteiger partial charge in [-0.1, -0.05) is 23.8 Å². The first kappa shape index (κ1) is 14.1. The van der Waals surface area contributed by atoms with Crippen molar-refractivity contribution >= 4 is 40.1 Å². The lowest BCUT2D eigenvalue weighted by molar-refractivity contribution is 0.307. The Balaban J connectivity index is 2.15. The Morgan fingerprint density at radius 1 is 1.32 bits per heavy atom. The monoisotopic (exact) mass is 313 g/mol. The summed E-state index contributed by atoms with van der Waals surface area (Å²) < 4.78 is 11.6. The van der Waals surface area contributed by atoms with Crippen LogP contribution in [0.5, 0.6) is 11.5 Å². The Kier molecular flexibility index (Phi) is 4.63. The summed E-state index contributed by atoms with van der Waals surface area (Å²) in [5.74, 6) is 1.32. The number of methoxy groups -OCH3 is 1. The molecule has 0 unspecified atom stereocenters. The topological polar surface area (TPSA) is 44.5 Å². The van der Waals surface area contributed by atoms with E-state index in [2.05, 4.69) is 0 Å². The zero-order chi connectivity index (χ0) is 13.8. The van der Waals surface area contributed by atoms with Crippen LogP contribution in [-0.2, 0) is 6.61 Å². The molecule has 0 aliphatic carbocycles. The maximum atomic E-state index is 5.87. The van der Waals surface area contributed by atoms with Crippen molar-refractivity contribution in [2.24, 2.45) is 5.73 Å². The Labute approximate surface area is 125 Å². The van der Waals surface area contributed by atoms with Crippen LogP contribution >= 0.6 is 35.2 Å². The summed E-state index contributed by atoms with van der Waals surface area (Å²) in [4.78, 5) is 1.35. The molecule has 0 fully saturated rings. The second-order valence-corrected chi connectivity index (χ2v) is 6.00. The van der Waals surface area contributed by atoms with E-state index in [0.29, 0.717) is 28.7 Å². The van der Waals surface area contributed by atoms with Crippen molar-refractivity contribution in [1.82, 2.24) is 0 Å². The average molecular weight is 314 g/mol. The summed E-state index contributed by atoms with van der Waals surface area (Å²) >= 11 is 12.3. The molecule has 0 saturated heterocycles. The highest BCUT2D eigenvalue weighted by atomic mass is 35.5. The number of benzene rings is 1. The quantitative estimate of drug-likeness (QED) is 0.856. The summed E-state index contributed by atoms with van der Waals surface area (Å²) in [6.07, 6.45) is 0. The van der Waals surface area contributed by atoms with Gasteiger partial charge in [0.25, 0.3) is 0 Å². The molecule has 1 aromatic carbocycles. The van der Waals surface area contributed by atoms with Gasteiger partial charge in [0.1, 0.15) is 23.1 Å². The minimum Gasteiger partial charge on any atom is -0.497 e. The molecule has 100 valence electrons. The third-order valence-corrected chi connectivity index (χ3v) is 3.85. The lowest BCUT2D eigenvalue weighted by Gasteiger charge is -2.09. The molecule has 2 rings (SSSR count). The molecule has 0 bridgehead atoms. The zero-order valence-electron chi connectivity index (χ0n) is 10.2. The van der Waals surface area contributed by atoms with Gasteiger partial charge in [0.15, 0.2) is 0 Å². The molecular weight excluding hydrogens is 302 g/mol. The summed E-state index contributed by atoms with van der Waals surface area (Å²) in [5.41, 5.74) is 6.34. The standard InChI is InChI=1S/C13H12ClNO2S2/c1-16-9-4-8(13(15)18)5-10(6-9)17-7-11-2-3-12(14)19-11/h2-6H,7H2,1H3,(H2,15,18). The Bertz CT molecular complexity index is 598. The van der Waals surface area contributed by atoms with Crippen molar-refractivity contribution in [3.05, 3.63) is 45.1 Å². The second-order valence-electron chi connectivity index (χ2n) is 3.76. The van der Waals surface area contributed by atoms with Crippen molar-refractivity contribution in [3.63, 3.8) is 0 Å². The highest BCUT2D eigenvalue weighted by Crippen LogP contribution is 2.26. The van der Waals surface area contributed by atoms with Gasteiger partial charge < -0.3 is 15.2 Å². The molecule has 0 amide bonds. The van der Waals surface area contributed by atoms with E-state index in [4.69, 9.17) is 39.0 Å². The maximum absolute atomic E-state index is 5.87. The van der Waals surface area contributed by atoms with Gasteiger partial charge in [0, 0.05) is 16.5 Å². The van der Waals surface area contributed by atoms with Gasteiger partial charge in [0.2, 0.25) is 0 Å². The predicted molar refractivity (Wildman–Crippen MR) is 82.5 cm³/mol. The van der Waals surface area contributed by atoms with Crippen LogP contribution in [0.3, 0.4) is 0 Å². The largest absolute Gasteiger partial charge is 0.497 e. The van der Waals surface area contributed by atoms with Crippen molar-refractivity contribution < 1.29 is 9.47 Å². The Morgan fingerprint density at radius 3 is 2.63 bits per heavy atom. The van der Waals surface area contributed by atoms with Crippen LogP contribution < -0.4 is 15.2 Å². The number of rotatable bonds is 5. The van der Waals surface area contributed by atoms with Crippen molar-refractivity contribution in [2.75, 3.05) is 7.11 Å². The molecule has 1 aromatic heterocycles. The minimum absolute atomic E-state index is 0.308. The molecule has 2 aromatic rings. The van der Waals surface area contributed by atoms with E-state index in [1.165, 1.54) is 11.3 Å². The number of hydrogen-bond acceptors (Lipinski definition) is 4. The zero-order valence-corrected chi connectivity index (χ0v) is 12.6. The van der Waals surface area contributed by atoms with Crippen LogP contribution in [0.25, 0.3) is 0 Å². The highest BCUT2D eigenvalue weighted by molar-refractivity contribution is 7.80. The number of halogens is 1. The first-order chi connectivity index (χ1) is 9.08. The molecule has 19 heavy (non-hydrogen) atoms. The summed E-state index contributed by atoms with van der Waals surface area (Å²) in [7, 11) is 1.58. The summed E-state index contributed by atoms with van der Waals surface area (Å²) in [6.45, 7) is 0.446. The third kappa shape index (κ3) is 3.83. The number of ether oxygens (including phenoxy) is 2. The fourth-order valence-electron chi connectivity index (χ4n) is 1.50. The van der Waals surface area contributed by atoms with Crippen LogP contribution in [0.15, 0.2) is 30.3 Å². The molecule has 0 saturated carbocycles. The first-order valence-electron chi connectivity index (χ1n) is 5.44. The van der Waals surface area contributed by atoms with E-state index in [1.807, 2.05) is 12.1 Å². The summed E-state index contributed by atoms with van der Waals surface area (Å²) in [6, 6.07) is 9.13. The van der Waals surface area contributed by atoms with Gasteiger partial charge in [0.05, 0.1) is 11.4 Å². The number of thiophene rings is 1.